The highest BCUT2D eigenvalue weighted by molar-refractivity contribution is 5.83. The number of hydrogen-bond donors (Lipinski definition) is 4. The molecule has 7 nitrogen and oxygen atoms in total. The van der Waals surface area contributed by atoms with Gasteiger partial charge in [0.25, 0.3) is 0 Å². The Kier molecular flexibility index (Phi) is 8.32. The lowest BCUT2D eigenvalue weighted by atomic mass is 10.2. The van der Waals surface area contributed by atoms with Crippen LogP contribution in [0.2, 0.25) is 0 Å². The molecule has 7 heteroatoms. The van der Waals surface area contributed by atoms with E-state index in [1.165, 1.54) is 0 Å². The summed E-state index contributed by atoms with van der Waals surface area (Å²) < 4.78 is 0. The van der Waals surface area contributed by atoms with Gasteiger partial charge in [0.15, 0.2) is 0 Å². The molecule has 0 aromatic rings. The second-order valence-electron chi connectivity index (χ2n) is 4.55. The van der Waals surface area contributed by atoms with Crippen molar-refractivity contribution < 1.29 is 19.5 Å². The monoisotopic (exact) mass is 273 g/mol. The third-order valence-corrected chi connectivity index (χ3v) is 2.27. The summed E-state index contributed by atoms with van der Waals surface area (Å²) in [7, 11) is 0. The van der Waals surface area contributed by atoms with Crippen molar-refractivity contribution in [3.05, 3.63) is 0 Å². The maximum Gasteiger partial charge on any atom is 0.326 e. The van der Waals surface area contributed by atoms with Gasteiger partial charge in [0.2, 0.25) is 5.91 Å². The number of carbonyl (C=O) groups excluding carboxylic acids is 2. The molecule has 0 aromatic heterocycles. The highest BCUT2D eigenvalue weighted by atomic mass is 16.4. The summed E-state index contributed by atoms with van der Waals surface area (Å²) in [5, 5.41) is 16.4. The molecular formula is C12H23N3O4. The Morgan fingerprint density at radius 2 is 1.79 bits per heavy atom. The summed E-state index contributed by atoms with van der Waals surface area (Å²) in [6.07, 6.45) is 1.20. The number of nitrogens with one attached hydrogen (secondary N) is 3. The molecule has 0 bridgehead atoms. The first-order valence-corrected chi connectivity index (χ1v) is 6.43. The van der Waals surface area contributed by atoms with E-state index in [9.17, 15) is 14.4 Å². The van der Waals surface area contributed by atoms with Gasteiger partial charge in [-0.2, -0.15) is 0 Å². The quantitative estimate of drug-likeness (QED) is 0.515. The van der Waals surface area contributed by atoms with Crippen LogP contribution in [0.15, 0.2) is 0 Å². The van der Waals surface area contributed by atoms with E-state index in [1.54, 1.807) is 0 Å². The number of urea groups is 1. The molecular weight excluding hydrogens is 250 g/mol. The number of rotatable bonds is 8. The van der Waals surface area contributed by atoms with Gasteiger partial charge < -0.3 is 21.1 Å². The second-order valence-corrected chi connectivity index (χ2v) is 4.55. The van der Waals surface area contributed by atoms with Crippen molar-refractivity contribution in [1.29, 1.82) is 0 Å². The lowest BCUT2D eigenvalue weighted by Crippen LogP contribution is -2.46. The number of aliphatic carboxylic acids is 1. The first-order chi connectivity index (χ1) is 8.86. The smallest absolute Gasteiger partial charge is 0.326 e. The van der Waals surface area contributed by atoms with Crippen LogP contribution in [-0.2, 0) is 9.59 Å². The lowest BCUT2D eigenvalue weighted by molar-refractivity contribution is -0.139. The zero-order chi connectivity index (χ0) is 14.8. The first-order valence-electron chi connectivity index (χ1n) is 6.43. The van der Waals surface area contributed by atoms with E-state index < -0.39 is 18.0 Å². The Hall–Kier alpha value is -1.79. The Morgan fingerprint density at radius 1 is 1.16 bits per heavy atom. The fourth-order valence-electron chi connectivity index (χ4n) is 1.44. The predicted molar refractivity (Wildman–Crippen MR) is 70.8 cm³/mol. The van der Waals surface area contributed by atoms with Gasteiger partial charge in [-0.05, 0) is 20.3 Å². The first kappa shape index (κ1) is 17.2. The molecule has 1 atom stereocenters. The molecule has 0 heterocycles. The van der Waals surface area contributed by atoms with Crippen molar-refractivity contribution in [1.82, 2.24) is 16.0 Å². The van der Waals surface area contributed by atoms with Gasteiger partial charge in [-0.25, -0.2) is 9.59 Å². The Morgan fingerprint density at radius 3 is 2.26 bits per heavy atom. The zero-order valence-electron chi connectivity index (χ0n) is 11.7. The molecule has 3 amide bonds. The molecule has 4 N–H and O–H groups in total. The van der Waals surface area contributed by atoms with E-state index in [0.717, 1.165) is 0 Å². The maximum atomic E-state index is 11.4. The van der Waals surface area contributed by atoms with Gasteiger partial charge in [0.05, 0.1) is 0 Å². The van der Waals surface area contributed by atoms with E-state index in [-0.39, 0.29) is 24.9 Å². The zero-order valence-corrected chi connectivity index (χ0v) is 11.7. The largest absolute Gasteiger partial charge is 0.480 e. The standard InChI is InChI=1S/C12H23N3O4/c1-4-5-9(11(17)18)15-12(19)13-7-6-10(16)14-8(2)3/h8-9H,4-7H2,1-3H3,(H,14,16)(H,17,18)(H2,13,15,19). The van der Waals surface area contributed by atoms with Crippen molar-refractivity contribution in [2.75, 3.05) is 6.54 Å². The third-order valence-electron chi connectivity index (χ3n) is 2.27. The van der Waals surface area contributed by atoms with Gasteiger partial charge >= 0.3 is 12.0 Å². The molecule has 0 aliphatic rings. The van der Waals surface area contributed by atoms with Crippen LogP contribution in [0.25, 0.3) is 0 Å². The van der Waals surface area contributed by atoms with Crippen molar-refractivity contribution in [3.63, 3.8) is 0 Å². The van der Waals surface area contributed by atoms with E-state index in [4.69, 9.17) is 5.11 Å². The van der Waals surface area contributed by atoms with Crippen LogP contribution in [0.1, 0.15) is 40.0 Å². The molecule has 0 saturated carbocycles. The predicted octanol–water partition coefficient (Wildman–Crippen LogP) is 0.454. The van der Waals surface area contributed by atoms with Crippen LogP contribution in [0, 0.1) is 0 Å². The summed E-state index contributed by atoms with van der Waals surface area (Å²) in [6.45, 7) is 5.70. The summed E-state index contributed by atoms with van der Waals surface area (Å²) in [5.74, 6) is -1.21. The fraction of sp³-hybridized carbons (Fsp3) is 0.750. The summed E-state index contributed by atoms with van der Waals surface area (Å²) in [5.41, 5.74) is 0. The van der Waals surface area contributed by atoms with Gasteiger partial charge in [-0.15, -0.1) is 0 Å². The van der Waals surface area contributed by atoms with Crippen molar-refractivity contribution in [3.8, 4) is 0 Å². The van der Waals surface area contributed by atoms with Crippen LogP contribution in [0.3, 0.4) is 0 Å². The third kappa shape index (κ3) is 8.87. The summed E-state index contributed by atoms with van der Waals surface area (Å²) in [4.78, 5) is 33.5. The molecule has 19 heavy (non-hydrogen) atoms. The molecule has 0 radical (unpaired) electrons. The van der Waals surface area contributed by atoms with E-state index in [0.29, 0.717) is 12.8 Å². The number of carbonyl (C=O) groups is 3. The average Bonchev–Trinajstić information content (AvgIpc) is 2.27. The van der Waals surface area contributed by atoms with Crippen LogP contribution >= 0.6 is 0 Å². The molecule has 0 aliphatic carbocycles. The number of carboxylic acids is 1. The van der Waals surface area contributed by atoms with Gasteiger partial charge in [0.1, 0.15) is 6.04 Å². The molecule has 0 aromatic carbocycles. The normalized spacial score (nSPS) is 11.8. The van der Waals surface area contributed by atoms with Crippen LogP contribution < -0.4 is 16.0 Å². The average molecular weight is 273 g/mol. The molecule has 1 unspecified atom stereocenters. The Balaban J connectivity index is 3.91. The van der Waals surface area contributed by atoms with Crippen molar-refractivity contribution in [2.45, 2.75) is 52.1 Å². The van der Waals surface area contributed by atoms with Crippen LogP contribution in [-0.4, -0.2) is 41.6 Å². The van der Waals surface area contributed by atoms with E-state index in [1.807, 2.05) is 20.8 Å². The minimum atomic E-state index is -1.06. The molecule has 110 valence electrons. The SMILES string of the molecule is CCCC(NC(=O)NCCC(=O)NC(C)C)C(=O)O. The Bertz CT molecular complexity index is 318. The van der Waals surface area contributed by atoms with E-state index in [2.05, 4.69) is 16.0 Å². The lowest BCUT2D eigenvalue weighted by Gasteiger charge is -2.14. The highest BCUT2D eigenvalue weighted by Crippen LogP contribution is 1.96. The number of amides is 3. The minimum Gasteiger partial charge on any atom is -0.480 e. The molecule has 0 rings (SSSR count). The fourth-order valence-corrected chi connectivity index (χ4v) is 1.44. The van der Waals surface area contributed by atoms with Gasteiger partial charge in [0, 0.05) is 19.0 Å². The van der Waals surface area contributed by atoms with Crippen LogP contribution in [0.5, 0.6) is 0 Å². The minimum absolute atomic E-state index is 0.0577. The van der Waals surface area contributed by atoms with Gasteiger partial charge in [-0.3, -0.25) is 4.79 Å². The molecule has 0 saturated heterocycles. The van der Waals surface area contributed by atoms with Crippen LogP contribution in [0.4, 0.5) is 4.79 Å². The number of hydrogen-bond acceptors (Lipinski definition) is 3. The number of carboxylic acid groups (broad SMARTS) is 1. The summed E-state index contributed by atoms with van der Waals surface area (Å²) >= 11 is 0. The van der Waals surface area contributed by atoms with Crippen molar-refractivity contribution in [2.24, 2.45) is 0 Å². The van der Waals surface area contributed by atoms with Gasteiger partial charge in [-0.1, -0.05) is 13.3 Å². The molecule has 0 fully saturated rings. The van der Waals surface area contributed by atoms with Crippen molar-refractivity contribution >= 4 is 17.9 Å². The Labute approximate surface area is 113 Å². The molecule has 0 spiro atoms. The molecule has 0 aliphatic heterocycles. The highest BCUT2D eigenvalue weighted by Gasteiger charge is 2.18. The maximum absolute atomic E-state index is 11.4. The topological polar surface area (TPSA) is 108 Å². The van der Waals surface area contributed by atoms with E-state index >= 15 is 0 Å². The summed E-state index contributed by atoms with van der Waals surface area (Å²) in [6, 6.07) is -1.41. The second kappa shape index (κ2) is 9.18.